The number of rotatable bonds is 5. The maximum atomic E-state index is 13.2. The zero-order valence-corrected chi connectivity index (χ0v) is 10.7. The minimum Gasteiger partial charge on any atom is -0.315 e. The van der Waals surface area contributed by atoms with Crippen molar-refractivity contribution < 1.29 is 4.39 Å². The topological polar surface area (TPSA) is 15.3 Å². The number of halogens is 2. The fraction of sp³-hybridized carbons (Fsp3) is 0.500. The van der Waals surface area contributed by atoms with E-state index in [1.165, 1.54) is 6.07 Å². The first-order valence-electron chi connectivity index (χ1n) is 5.29. The summed E-state index contributed by atoms with van der Waals surface area (Å²) < 4.78 is 13.2. The molecular weight excluding hydrogens is 227 g/mol. The Balaban J connectivity index is 2.66. The molecule has 0 fully saturated rings. The van der Waals surface area contributed by atoms with Crippen LogP contribution in [-0.2, 0) is 6.42 Å². The summed E-state index contributed by atoms with van der Waals surface area (Å²) >= 11 is 5.64. The second-order valence-corrected chi connectivity index (χ2v) is 4.61. The van der Waals surface area contributed by atoms with Crippen LogP contribution in [0.2, 0.25) is 5.02 Å². The molecule has 0 bridgehead atoms. The van der Waals surface area contributed by atoms with Crippen LogP contribution in [-0.4, -0.2) is 38.6 Å². The molecule has 4 heteroatoms. The summed E-state index contributed by atoms with van der Waals surface area (Å²) in [4.78, 5) is 2.10. The molecule has 1 rings (SSSR count). The Labute approximate surface area is 101 Å². The van der Waals surface area contributed by atoms with E-state index in [-0.39, 0.29) is 10.8 Å². The van der Waals surface area contributed by atoms with E-state index in [1.54, 1.807) is 6.07 Å². The predicted octanol–water partition coefficient (Wildman–Crippen LogP) is 2.17. The summed E-state index contributed by atoms with van der Waals surface area (Å²) in [5.74, 6) is -0.348. The standard InChI is InChI=1S/C12H18ClFN2/c1-15-10(8-16(2)3)6-9-4-5-11(13)12(14)7-9/h4-5,7,10,15H,6,8H2,1-3H3. The van der Waals surface area contributed by atoms with Gasteiger partial charge in [0.1, 0.15) is 5.82 Å². The van der Waals surface area contributed by atoms with Gasteiger partial charge in [0.05, 0.1) is 5.02 Å². The molecule has 16 heavy (non-hydrogen) atoms. The molecule has 0 aliphatic rings. The number of nitrogens with zero attached hydrogens (tertiary/aromatic N) is 1. The molecule has 0 radical (unpaired) electrons. The molecule has 0 spiro atoms. The number of benzene rings is 1. The van der Waals surface area contributed by atoms with Gasteiger partial charge in [-0.05, 0) is 45.3 Å². The molecule has 1 unspecified atom stereocenters. The van der Waals surface area contributed by atoms with Gasteiger partial charge < -0.3 is 10.2 Å². The largest absolute Gasteiger partial charge is 0.315 e. The fourth-order valence-corrected chi connectivity index (χ4v) is 1.77. The summed E-state index contributed by atoms with van der Waals surface area (Å²) in [5.41, 5.74) is 0.961. The lowest BCUT2D eigenvalue weighted by atomic mass is 10.1. The molecule has 1 aromatic carbocycles. The van der Waals surface area contributed by atoms with Gasteiger partial charge in [-0.15, -0.1) is 0 Å². The lowest BCUT2D eigenvalue weighted by Gasteiger charge is -2.20. The Bertz CT molecular complexity index is 342. The third-order valence-corrected chi connectivity index (χ3v) is 2.77. The van der Waals surface area contributed by atoms with Crippen molar-refractivity contribution in [3.8, 4) is 0 Å². The van der Waals surface area contributed by atoms with Crippen molar-refractivity contribution in [2.75, 3.05) is 27.7 Å². The van der Waals surface area contributed by atoms with Crippen LogP contribution in [0.25, 0.3) is 0 Å². The second kappa shape index (κ2) is 6.18. The molecule has 1 aromatic rings. The summed E-state index contributed by atoms with van der Waals surface area (Å²) in [5, 5.41) is 3.40. The predicted molar refractivity (Wildman–Crippen MR) is 66.5 cm³/mol. The minimum atomic E-state index is -0.348. The van der Waals surface area contributed by atoms with Crippen molar-refractivity contribution in [2.45, 2.75) is 12.5 Å². The highest BCUT2D eigenvalue weighted by atomic mass is 35.5. The molecule has 90 valence electrons. The Kier molecular flexibility index (Phi) is 5.19. The van der Waals surface area contributed by atoms with E-state index in [1.807, 2.05) is 27.2 Å². The summed E-state index contributed by atoms with van der Waals surface area (Å²) in [7, 11) is 5.96. The molecule has 0 amide bonds. The summed E-state index contributed by atoms with van der Waals surface area (Å²) in [6.07, 6.45) is 0.794. The van der Waals surface area contributed by atoms with Gasteiger partial charge in [0.15, 0.2) is 0 Å². The maximum Gasteiger partial charge on any atom is 0.142 e. The molecule has 0 aliphatic carbocycles. The van der Waals surface area contributed by atoms with E-state index >= 15 is 0 Å². The van der Waals surface area contributed by atoms with Gasteiger partial charge in [-0.2, -0.15) is 0 Å². The number of likely N-dealkylation sites (N-methyl/N-ethyl adjacent to an activating group) is 2. The van der Waals surface area contributed by atoms with E-state index in [0.29, 0.717) is 6.04 Å². The third-order valence-electron chi connectivity index (χ3n) is 2.46. The molecular formula is C12H18ClFN2. The third kappa shape index (κ3) is 4.08. The first-order chi connectivity index (χ1) is 7.52. The summed E-state index contributed by atoms with van der Waals surface area (Å²) in [6, 6.07) is 5.29. The highest BCUT2D eigenvalue weighted by Crippen LogP contribution is 2.16. The van der Waals surface area contributed by atoms with E-state index < -0.39 is 0 Å². The van der Waals surface area contributed by atoms with Crippen LogP contribution in [0.3, 0.4) is 0 Å². The van der Waals surface area contributed by atoms with Crippen molar-refractivity contribution in [3.63, 3.8) is 0 Å². The first kappa shape index (κ1) is 13.4. The Morgan fingerprint density at radius 1 is 1.44 bits per heavy atom. The number of nitrogens with one attached hydrogen (secondary N) is 1. The van der Waals surface area contributed by atoms with Crippen LogP contribution < -0.4 is 5.32 Å². The Morgan fingerprint density at radius 2 is 2.12 bits per heavy atom. The lowest BCUT2D eigenvalue weighted by Crippen LogP contribution is -2.37. The molecule has 0 saturated carbocycles. The Hall–Kier alpha value is -0.640. The molecule has 0 aliphatic heterocycles. The Morgan fingerprint density at radius 3 is 2.62 bits per heavy atom. The second-order valence-electron chi connectivity index (χ2n) is 4.20. The smallest absolute Gasteiger partial charge is 0.142 e. The average Bonchev–Trinajstić information content (AvgIpc) is 2.22. The van der Waals surface area contributed by atoms with Crippen molar-refractivity contribution in [1.29, 1.82) is 0 Å². The average molecular weight is 245 g/mol. The van der Waals surface area contributed by atoms with Gasteiger partial charge in [-0.3, -0.25) is 0 Å². The van der Waals surface area contributed by atoms with Crippen LogP contribution in [0, 0.1) is 5.82 Å². The molecule has 0 heterocycles. The number of hydrogen-bond donors (Lipinski definition) is 1. The van der Waals surface area contributed by atoms with E-state index in [9.17, 15) is 4.39 Å². The van der Waals surface area contributed by atoms with Crippen LogP contribution >= 0.6 is 11.6 Å². The van der Waals surface area contributed by atoms with Gasteiger partial charge >= 0.3 is 0 Å². The van der Waals surface area contributed by atoms with Crippen LogP contribution in [0.15, 0.2) is 18.2 Å². The van der Waals surface area contributed by atoms with Gasteiger partial charge in [-0.25, -0.2) is 4.39 Å². The van der Waals surface area contributed by atoms with E-state index in [0.717, 1.165) is 18.5 Å². The fourth-order valence-electron chi connectivity index (χ4n) is 1.65. The van der Waals surface area contributed by atoms with Gasteiger partial charge in [0.2, 0.25) is 0 Å². The van der Waals surface area contributed by atoms with E-state index in [2.05, 4.69) is 10.2 Å². The normalized spacial score (nSPS) is 13.1. The molecule has 0 aromatic heterocycles. The van der Waals surface area contributed by atoms with Crippen LogP contribution in [0.4, 0.5) is 4.39 Å². The van der Waals surface area contributed by atoms with Gasteiger partial charge in [0, 0.05) is 12.6 Å². The molecule has 1 N–H and O–H groups in total. The van der Waals surface area contributed by atoms with Crippen molar-refractivity contribution in [1.82, 2.24) is 10.2 Å². The quantitative estimate of drug-likeness (QED) is 0.854. The van der Waals surface area contributed by atoms with Gasteiger partial charge in [0.25, 0.3) is 0 Å². The van der Waals surface area contributed by atoms with E-state index in [4.69, 9.17) is 11.6 Å². The summed E-state index contributed by atoms with van der Waals surface area (Å²) in [6.45, 7) is 0.917. The van der Waals surface area contributed by atoms with Crippen molar-refractivity contribution >= 4 is 11.6 Å². The molecule has 0 saturated heterocycles. The maximum absolute atomic E-state index is 13.2. The molecule has 1 atom stereocenters. The van der Waals surface area contributed by atoms with Crippen molar-refractivity contribution in [3.05, 3.63) is 34.6 Å². The first-order valence-corrected chi connectivity index (χ1v) is 5.66. The lowest BCUT2D eigenvalue weighted by molar-refractivity contribution is 0.346. The SMILES string of the molecule is CNC(Cc1ccc(Cl)c(F)c1)CN(C)C. The van der Waals surface area contributed by atoms with Crippen molar-refractivity contribution in [2.24, 2.45) is 0 Å². The number of hydrogen-bond acceptors (Lipinski definition) is 2. The zero-order chi connectivity index (χ0) is 12.1. The molecule has 2 nitrogen and oxygen atoms in total. The highest BCUT2D eigenvalue weighted by molar-refractivity contribution is 6.30. The minimum absolute atomic E-state index is 0.178. The van der Waals surface area contributed by atoms with Crippen LogP contribution in [0.5, 0.6) is 0 Å². The highest BCUT2D eigenvalue weighted by Gasteiger charge is 2.09. The van der Waals surface area contributed by atoms with Crippen LogP contribution in [0.1, 0.15) is 5.56 Å². The van der Waals surface area contributed by atoms with Gasteiger partial charge in [-0.1, -0.05) is 17.7 Å². The monoisotopic (exact) mass is 244 g/mol. The zero-order valence-electron chi connectivity index (χ0n) is 9.93.